The van der Waals surface area contributed by atoms with Gasteiger partial charge in [0.25, 0.3) is 0 Å². The predicted octanol–water partition coefficient (Wildman–Crippen LogP) is 3.02. The van der Waals surface area contributed by atoms with Crippen LogP contribution in [0.2, 0.25) is 5.02 Å². The lowest BCUT2D eigenvalue weighted by molar-refractivity contribution is 0.0595. The van der Waals surface area contributed by atoms with Crippen molar-refractivity contribution in [2.75, 3.05) is 13.1 Å². The van der Waals surface area contributed by atoms with Crippen LogP contribution < -0.4 is 5.32 Å². The molecule has 0 aliphatic heterocycles. The Morgan fingerprint density at radius 1 is 1.44 bits per heavy atom. The lowest BCUT2D eigenvalue weighted by Gasteiger charge is -2.24. The van der Waals surface area contributed by atoms with Crippen molar-refractivity contribution < 1.29 is 9.50 Å². The van der Waals surface area contributed by atoms with E-state index in [0.29, 0.717) is 18.9 Å². The highest BCUT2D eigenvalue weighted by molar-refractivity contribution is 6.30. The second-order valence-electron chi connectivity index (χ2n) is 5.45. The Bertz CT molecular complexity index is 393. The maximum absolute atomic E-state index is 13.3. The molecular formula is C14H21ClFNO. The molecule has 0 saturated carbocycles. The third-order valence-corrected chi connectivity index (χ3v) is 2.93. The molecule has 0 radical (unpaired) electrons. The summed E-state index contributed by atoms with van der Waals surface area (Å²) in [6, 6.07) is 4.63. The fourth-order valence-electron chi connectivity index (χ4n) is 1.78. The van der Waals surface area contributed by atoms with E-state index in [1.807, 2.05) is 0 Å². The van der Waals surface area contributed by atoms with Crippen LogP contribution in [-0.4, -0.2) is 23.8 Å². The van der Waals surface area contributed by atoms with Crippen molar-refractivity contribution >= 4 is 11.6 Å². The molecule has 102 valence electrons. The maximum atomic E-state index is 13.3. The largest absolute Gasteiger partial charge is 0.389 e. The number of hydrogen-bond donors (Lipinski definition) is 2. The van der Waals surface area contributed by atoms with Gasteiger partial charge >= 0.3 is 0 Å². The van der Waals surface area contributed by atoms with Gasteiger partial charge in [0.15, 0.2) is 0 Å². The summed E-state index contributed by atoms with van der Waals surface area (Å²) in [6.07, 6.45) is 0.395. The van der Waals surface area contributed by atoms with E-state index < -0.39 is 11.4 Å². The minimum Gasteiger partial charge on any atom is -0.389 e. The Morgan fingerprint density at radius 3 is 2.67 bits per heavy atom. The number of aliphatic hydroxyl groups is 1. The Balaban J connectivity index is 2.55. The zero-order chi connectivity index (χ0) is 13.8. The van der Waals surface area contributed by atoms with E-state index in [4.69, 9.17) is 11.6 Å². The van der Waals surface area contributed by atoms with Crippen LogP contribution in [0.15, 0.2) is 18.2 Å². The normalized spacial score (nSPS) is 14.8. The summed E-state index contributed by atoms with van der Waals surface area (Å²) in [5.41, 5.74) is -0.150. The van der Waals surface area contributed by atoms with Gasteiger partial charge in [0.05, 0.1) is 10.6 Å². The fourth-order valence-corrected chi connectivity index (χ4v) is 1.90. The molecule has 4 heteroatoms. The lowest BCUT2D eigenvalue weighted by atomic mass is 9.96. The van der Waals surface area contributed by atoms with Crippen molar-refractivity contribution in [3.05, 3.63) is 34.6 Å². The van der Waals surface area contributed by atoms with E-state index in [1.54, 1.807) is 13.0 Å². The molecular weight excluding hydrogens is 253 g/mol. The van der Waals surface area contributed by atoms with Crippen molar-refractivity contribution in [1.82, 2.24) is 5.32 Å². The van der Waals surface area contributed by atoms with Crippen molar-refractivity contribution in [2.45, 2.75) is 32.8 Å². The highest BCUT2D eigenvalue weighted by Crippen LogP contribution is 2.19. The molecule has 0 spiro atoms. The van der Waals surface area contributed by atoms with Crippen molar-refractivity contribution in [3.63, 3.8) is 0 Å². The van der Waals surface area contributed by atoms with E-state index in [9.17, 15) is 9.50 Å². The molecule has 0 fully saturated rings. The summed E-state index contributed by atoms with van der Waals surface area (Å²) in [6.45, 7) is 7.29. The summed E-state index contributed by atoms with van der Waals surface area (Å²) in [7, 11) is 0. The molecule has 0 amide bonds. The van der Waals surface area contributed by atoms with Gasteiger partial charge in [0.1, 0.15) is 5.82 Å². The van der Waals surface area contributed by atoms with Crippen LogP contribution >= 0.6 is 11.6 Å². The first-order valence-electron chi connectivity index (χ1n) is 6.17. The monoisotopic (exact) mass is 273 g/mol. The molecule has 1 atom stereocenters. The van der Waals surface area contributed by atoms with Crippen molar-refractivity contribution in [3.8, 4) is 0 Å². The molecule has 2 N–H and O–H groups in total. The van der Waals surface area contributed by atoms with Gasteiger partial charge < -0.3 is 10.4 Å². The summed E-state index contributed by atoms with van der Waals surface area (Å²) in [4.78, 5) is 0. The van der Waals surface area contributed by atoms with Crippen molar-refractivity contribution in [2.24, 2.45) is 5.92 Å². The molecule has 0 bridgehead atoms. The summed E-state index contributed by atoms with van der Waals surface area (Å²) in [5, 5.41) is 13.5. The van der Waals surface area contributed by atoms with E-state index in [2.05, 4.69) is 19.2 Å². The highest BCUT2D eigenvalue weighted by Gasteiger charge is 2.21. The average Bonchev–Trinajstić information content (AvgIpc) is 2.22. The molecule has 0 saturated heterocycles. The number of rotatable bonds is 6. The maximum Gasteiger partial charge on any atom is 0.142 e. The molecule has 0 heterocycles. The summed E-state index contributed by atoms with van der Waals surface area (Å²) < 4.78 is 13.3. The minimum absolute atomic E-state index is 0.108. The fraction of sp³-hybridized carbons (Fsp3) is 0.571. The van der Waals surface area contributed by atoms with Crippen LogP contribution in [0.4, 0.5) is 4.39 Å². The average molecular weight is 274 g/mol. The number of nitrogens with one attached hydrogen (secondary N) is 1. The van der Waals surface area contributed by atoms with Gasteiger partial charge in [-0.05, 0) is 37.1 Å². The molecule has 18 heavy (non-hydrogen) atoms. The van der Waals surface area contributed by atoms with Crippen LogP contribution in [-0.2, 0) is 6.42 Å². The third kappa shape index (κ3) is 5.34. The van der Waals surface area contributed by atoms with Crippen LogP contribution in [0.1, 0.15) is 26.3 Å². The standard InChI is InChI=1S/C14H21ClFNO/c1-10(2)8-17-9-14(3,18)7-11-4-5-12(15)13(16)6-11/h4-6,10,17-18H,7-9H2,1-3H3. The molecule has 1 aromatic rings. The van der Waals surface area contributed by atoms with E-state index in [-0.39, 0.29) is 5.02 Å². The molecule has 1 aromatic carbocycles. The first-order valence-corrected chi connectivity index (χ1v) is 6.55. The van der Waals surface area contributed by atoms with E-state index in [1.165, 1.54) is 12.1 Å². The lowest BCUT2D eigenvalue weighted by Crippen LogP contribution is -2.40. The third-order valence-electron chi connectivity index (χ3n) is 2.63. The van der Waals surface area contributed by atoms with Gasteiger partial charge in [-0.25, -0.2) is 4.39 Å². The molecule has 2 nitrogen and oxygen atoms in total. The van der Waals surface area contributed by atoms with Crippen LogP contribution in [0.5, 0.6) is 0 Å². The van der Waals surface area contributed by atoms with Gasteiger partial charge in [-0.1, -0.05) is 31.5 Å². The SMILES string of the molecule is CC(C)CNCC(C)(O)Cc1ccc(Cl)c(F)c1. The Kier molecular flexibility index (Phi) is 5.57. The number of benzene rings is 1. The van der Waals surface area contributed by atoms with Crippen LogP contribution in [0.3, 0.4) is 0 Å². The topological polar surface area (TPSA) is 32.3 Å². The van der Waals surface area contributed by atoms with Crippen LogP contribution in [0, 0.1) is 11.7 Å². The van der Waals surface area contributed by atoms with Gasteiger partial charge in [-0.3, -0.25) is 0 Å². The Morgan fingerprint density at radius 2 is 2.11 bits per heavy atom. The highest BCUT2D eigenvalue weighted by atomic mass is 35.5. The number of halogens is 2. The predicted molar refractivity (Wildman–Crippen MR) is 73.4 cm³/mol. The zero-order valence-electron chi connectivity index (χ0n) is 11.1. The quantitative estimate of drug-likeness (QED) is 0.835. The summed E-state index contributed by atoms with van der Waals surface area (Å²) in [5.74, 6) is 0.0916. The zero-order valence-corrected chi connectivity index (χ0v) is 11.9. The smallest absolute Gasteiger partial charge is 0.142 e. The van der Waals surface area contributed by atoms with Crippen molar-refractivity contribution in [1.29, 1.82) is 0 Å². The minimum atomic E-state index is -0.894. The van der Waals surface area contributed by atoms with Gasteiger partial charge in [-0.15, -0.1) is 0 Å². The Hall–Kier alpha value is -0.640. The molecule has 1 rings (SSSR count). The Labute approximate surface area is 113 Å². The van der Waals surface area contributed by atoms with E-state index >= 15 is 0 Å². The molecule has 0 aliphatic carbocycles. The van der Waals surface area contributed by atoms with Gasteiger partial charge in [0.2, 0.25) is 0 Å². The second-order valence-corrected chi connectivity index (χ2v) is 5.85. The van der Waals surface area contributed by atoms with E-state index in [0.717, 1.165) is 12.1 Å². The molecule has 0 aliphatic rings. The first-order chi connectivity index (χ1) is 8.30. The van der Waals surface area contributed by atoms with Crippen LogP contribution in [0.25, 0.3) is 0 Å². The molecule has 0 aromatic heterocycles. The first kappa shape index (κ1) is 15.4. The summed E-state index contributed by atoms with van der Waals surface area (Å²) >= 11 is 5.62. The van der Waals surface area contributed by atoms with Gasteiger partial charge in [0, 0.05) is 13.0 Å². The number of hydrogen-bond acceptors (Lipinski definition) is 2. The molecule has 1 unspecified atom stereocenters. The van der Waals surface area contributed by atoms with Gasteiger partial charge in [-0.2, -0.15) is 0 Å². The second kappa shape index (κ2) is 6.50.